The molecule has 2 aromatic rings. The zero-order chi connectivity index (χ0) is 19.8. The van der Waals surface area contributed by atoms with Gasteiger partial charge in [-0.2, -0.15) is 0 Å². The molecule has 1 heterocycles. The van der Waals surface area contributed by atoms with Crippen LogP contribution in [0.15, 0.2) is 48.5 Å². The molecule has 0 bridgehead atoms. The number of hydrogen-bond donors (Lipinski definition) is 1. The van der Waals surface area contributed by atoms with E-state index in [1.807, 2.05) is 31.2 Å². The summed E-state index contributed by atoms with van der Waals surface area (Å²) < 4.78 is 29.6. The maximum Gasteiger partial charge on any atom is 0.235 e. The first kappa shape index (κ1) is 20.3. The van der Waals surface area contributed by atoms with E-state index in [4.69, 9.17) is 14.2 Å². The van der Waals surface area contributed by atoms with Crippen LogP contribution in [0, 0.1) is 5.82 Å². The van der Waals surface area contributed by atoms with Crippen LogP contribution in [0.1, 0.15) is 25.3 Å². The molecule has 0 aromatic heterocycles. The molecule has 1 aliphatic heterocycles. The normalized spacial score (nSPS) is 15.8. The first-order valence-corrected chi connectivity index (χ1v) is 9.60. The molecule has 6 heteroatoms. The Kier molecular flexibility index (Phi) is 7.01. The van der Waals surface area contributed by atoms with Crippen molar-refractivity contribution in [1.29, 1.82) is 0 Å². The van der Waals surface area contributed by atoms with Crippen molar-refractivity contribution in [3.05, 3.63) is 59.9 Å². The van der Waals surface area contributed by atoms with Crippen LogP contribution in [0.5, 0.6) is 5.75 Å². The zero-order valence-electron chi connectivity index (χ0n) is 16.1. The average Bonchev–Trinajstić information content (AvgIpc) is 2.73. The molecule has 150 valence electrons. The van der Waals surface area contributed by atoms with Crippen molar-refractivity contribution >= 4 is 11.6 Å². The number of carbonyl (C=O) groups is 1. The number of ether oxygens (including phenoxy) is 3. The van der Waals surface area contributed by atoms with E-state index >= 15 is 0 Å². The Hall–Kier alpha value is -2.44. The van der Waals surface area contributed by atoms with Crippen molar-refractivity contribution < 1.29 is 23.4 Å². The highest BCUT2D eigenvalue weighted by Gasteiger charge is 2.41. The van der Waals surface area contributed by atoms with Crippen LogP contribution in [-0.2, 0) is 19.7 Å². The second-order valence-electron chi connectivity index (χ2n) is 6.73. The summed E-state index contributed by atoms with van der Waals surface area (Å²) in [6.45, 7) is 4.61. The van der Waals surface area contributed by atoms with Crippen molar-refractivity contribution in [1.82, 2.24) is 0 Å². The Morgan fingerprint density at radius 1 is 1.07 bits per heavy atom. The van der Waals surface area contributed by atoms with Gasteiger partial charge in [0.15, 0.2) is 0 Å². The van der Waals surface area contributed by atoms with E-state index in [0.29, 0.717) is 51.6 Å². The number of rotatable bonds is 8. The molecule has 5 nitrogen and oxygen atoms in total. The lowest BCUT2D eigenvalue weighted by atomic mass is 9.73. The first-order valence-electron chi connectivity index (χ1n) is 9.60. The number of amides is 1. The van der Waals surface area contributed by atoms with Gasteiger partial charge in [0, 0.05) is 25.5 Å². The Morgan fingerprint density at radius 2 is 1.75 bits per heavy atom. The highest BCUT2D eigenvalue weighted by molar-refractivity contribution is 5.99. The van der Waals surface area contributed by atoms with Gasteiger partial charge in [0.25, 0.3) is 0 Å². The minimum atomic E-state index is -0.724. The number of anilines is 1. The van der Waals surface area contributed by atoms with Gasteiger partial charge in [0.05, 0.1) is 12.0 Å². The molecule has 1 amide bonds. The Bertz CT molecular complexity index is 755. The molecule has 1 fully saturated rings. The Morgan fingerprint density at radius 3 is 2.39 bits per heavy atom. The van der Waals surface area contributed by atoms with Gasteiger partial charge < -0.3 is 19.5 Å². The van der Waals surface area contributed by atoms with Gasteiger partial charge in [-0.3, -0.25) is 4.79 Å². The molecule has 0 atom stereocenters. The zero-order valence-corrected chi connectivity index (χ0v) is 16.1. The van der Waals surface area contributed by atoms with E-state index in [0.717, 1.165) is 11.3 Å². The highest BCUT2D eigenvalue weighted by atomic mass is 19.1. The fourth-order valence-corrected chi connectivity index (χ4v) is 3.38. The number of benzene rings is 2. The van der Waals surface area contributed by atoms with E-state index in [9.17, 15) is 9.18 Å². The molecule has 0 radical (unpaired) electrons. The Balaban J connectivity index is 1.69. The molecule has 0 saturated carbocycles. The summed E-state index contributed by atoms with van der Waals surface area (Å²) in [6, 6.07) is 13.4. The third-order valence-electron chi connectivity index (χ3n) is 4.99. The third-order valence-corrected chi connectivity index (χ3v) is 4.99. The molecule has 0 unspecified atom stereocenters. The highest BCUT2D eigenvalue weighted by Crippen LogP contribution is 2.36. The number of carbonyl (C=O) groups excluding carboxylic acids is 1. The maximum absolute atomic E-state index is 13.4. The third kappa shape index (κ3) is 4.88. The minimum absolute atomic E-state index is 0.104. The van der Waals surface area contributed by atoms with Gasteiger partial charge in [-0.05, 0) is 61.7 Å². The predicted molar refractivity (Wildman–Crippen MR) is 105 cm³/mol. The summed E-state index contributed by atoms with van der Waals surface area (Å²) >= 11 is 0. The number of nitrogens with one attached hydrogen (secondary N) is 1. The van der Waals surface area contributed by atoms with Crippen molar-refractivity contribution in [2.45, 2.75) is 25.2 Å². The van der Waals surface area contributed by atoms with Crippen LogP contribution in [0.4, 0.5) is 10.1 Å². The number of hydrogen-bond acceptors (Lipinski definition) is 4. The summed E-state index contributed by atoms with van der Waals surface area (Å²) in [5.41, 5.74) is 0.777. The van der Waals surface area contributed by atoms with Crippen LogP contribution in [0.3, 0.4) is 0 Å². The fourth-order valence-electron chi connectivity index (χ4n) is 3.38. The average molecular weight is 387 g/mol. The lowest BCUT2D eigenvalue weighted by Crippen LogP contribution is -2.44. The monoisotopic (exact) mass is 387 g/mol. The van der Waals surface area contributed by atoms with Gasteiger partial charge in [0.1, 0.15) is 18.2 Å². The SMILES string of the molecule is CCOCCOc1ccc(NC(=O)C2(c3ccc(F)cc3)CCOCC2)cc1. The van der Waals surface area contributed by atoms with Crippen LogP contribution in [-0.4, -0.2) is 38.9 Å². The van der Waals surface area contributed by atoms with Crippen molar-refractivity contribution in [3.63, 3.8) is 0 Å². The van der Waals surface area contributed by atoms with Crippen LogP contribution in [0.2, 0.25) is 0 Å². The number of halogens is 1. The largest absolute Gasteiger partial charge is 0.491 e. The topological polar surface area (TPSA) is 56.8 Å². The summed E-state index contributed by atoms with van der Waals surface area (Å²) in [5, 5.41) is 3.00. The smallest absolute Gasteiger partial charge is 0.235 e. The molecule has 1 saturated heterocycles. The van der Waals surface area contributed by atoms with Crippen molar-refractivity contribution in [2.75, 3.05) is 38.4 Å². The molecule has 3 rings (SSSR count). The molecule has 0 aliphatic carbocycles. The van der Waals surface area contributed by atoms with Crippen LogP contribution >= 0.6 is 0 Å². The quantitative estimate of drug-likeness (QED) is 0.698. The summed E-state index contributed by atoms with van der Waals surface area (Å²) in [6.07, 6.45) is 1.12. The van der Waals surface area contributed by atoms with Gasteiger partial charge in [-0.1, -0.05) is 12.1 Å². The van der Waals surface area contributed by atoms with E-state index in [2.05, 4.69) is 5.32 Å². The van der Waals surface area contributed by atoms with Gasteiger partial charge in [0.2, 0.25) is 5.91 Å². The lowest BCUT2D eigenvalue weighted by Gasteiger charge is -2.36. The molecule has 2 aromatic carbocycles. The first-order chi connectivity index (χ1) is 13.6. The molecular weight excluding hydrogens is 361 g/mol. The maximum atomic E-state index is 13.4. The van der Waals surface area contributed by atoms with E-state index in [-0.39, 0.29) is 11.7 Å². The van der Waals surface area contributed by atoms with Crippen molar-refractivity contribution in [2.24, 2.45) is 0 Å². The van der Waals surface area contributed by atoms with Gasteiger partial charge in [-0.25, -0.2) is 4.39 Å². The van der Waals surface area contributed by atoms with Crippen molar-refractivity contribution in [3.8, 4) is 5.75 Å². The summed E-state index contributed by atoms with van der Waals surface area (Å²) in [7, 11) is 0. The standard InChI is InChI=1S/C22H26FNO4/c1-2-26-15-16-28-20-9-7-19(8-10-20)24-21(25)22(11-13-27-14-12-22)17-3-5-18(23)6-4-17/h3-10H,2,11-16H2,1H3,(H,24,25). The van der Waals surface area contributed by atoms with Gasteiger partial charge >= 0.3 is 0 Å². The molecule has 1 aliphatic rings. The van der Waals surface area contributed by atoms with E-state index in [1.54, 1.807) is 12.1 Å². The van der Waals surface area contributed by atoms with E-state index in [1.165, 1.54) is 12.1 Å². The molecule has 0 spiro atoms. The summed E-state index contributed by atoms with van der Waals surface area (Å²) in [4.78, 5) is 13.2. The second kappa shape index (κ2) is 9.66. The minimum Gasteiger partial charge on any atom is -0.491 e. The fraction of sp³-hybridized carbons (Fsp3) is 0.409. The molecular formula is C22H26FNO4. The van der Waals surface area contributed by atoms with Crippen LogP contribution in [0.25, 0.3) is 0 Å². The van der Waals surface area contributed by atoms with Crippen LogP contribution < -0.4 is 10.1 Å². The Labute approximate surface area is 164 Å². The summed E-state index contributed by atoms with van der Waals surface area (Å²) in [5.74, 6) is 0.302. The molecule has 1 N–H and O–H groups in total. The second-order valence-corrected chi connectivity index (χ2v) is 6.73. The van der Waals surface area contributed by atoms with Gasteiger partial charge in [-0.15, -0.1) is 0 Å². The molecule has 28 heavy (non-hydrogen) atoms. The predicted octanol–water partition coefficient (Wildman–Crippen LogP) is 3.93. The van der Waals surface area contributed by atoms with E-state index < -0.39 is 5.41 Å². The lowest BCUT2D eigenvalue weighted by molar-refractivity contribution is -0.125.